The minimum absolute atomic E-state index is 0.231. The Kier molecular flexibility index (Phi) is 5.10. The van der Waals surface area contributed by atoms with Crippen LogP contribution in [0, 0.1) is 5.92 Å². The van der Waals surface area contributed by atoms with Gasteiger partial charge in [0.1, 0.15) is 10.7 Å². The quantitative estimate of drug-likeness (QED) is 0.842. The van der Waals surface area contributed by atoms with Crippen molar-refractivity contribution in [1.82, 2.24) is 24.5 Å². The number of aromatic amines is 1. The van der Waals surface area contributed by atoms with Crippen LogP contribution < -0.4 is 5.32 Å². The van der Waals surface area contributed by atoms with Gasteiger partial charge in [0, 0.05) is 26.3 Å². The highest BCUT2D eigenvalue weighted by molar-refractivity contribution is 7.89. The van der Waals surface area contributed by atoms with Crippen molar-refractivity contribution >= 4 is 15.8 Å². The molecule has 0 spiro atoms. The predicted molar refractivity (Wildman–Crippen MR) is 90.0 cm³/mol. The summed E-state index contributed by atoms with van der Waals surface area (Å²) < 4.78 is 26.7. The minimum Gasteiger partial charge on any atom is -0.372 e. The van der Waals surface area contributed by atoms with Gasteiger partial charge in [-0.3, -0.25) is 10.1 Å². The van der Waals surface area contributed by atoms with Gasteiger partial charge in [-0.05, 0) is 31.6 Å². The van der Waals surface area contributed by atoms with Crippen LogP contribution in [0.25, 0.3) is 0 Å². The maximum atomic E-state index is 12.6. The Morgan fingerprint density at radius 2 is 2.12 bits per heavy atom. The first kappa shape index (κ1) is 16.8. The maximum Gasteiger partial charge on any atom is 0.246 e. The fraction of sp³-hybridized carbons (Fsp3) is 0.533. The monoisotopic (exact) mass is 350 g/mol. The van der Waals surface area contributed by atoms with E-state index in [2.05, 4.69) is 25.5 Å². The summed E-state index contributed by atoms with van der Waals surface area (Å²) in [5.74, 6) is 1.17. The van der Waals surface area contributed by atoms with Crippen molar-refractivity contribution in [1.29, 1.82) is 0 Å². The molecule has 2 aromatic heterocycles. The van der Waals surface area contributed by atoms with E-state index < -0.39 is 10.0 Å². The fourth-order valence-corrected chi connectivity index (χ4v) is 4.40. The van der Waals surface area contributed by atoms with Crippen LogP contribution >= 0.6 is 0 Å². The number of hydrogen-bond acceptors (Lipinski definition) is 6. The van der Waals surface area contributed by atoms with Crippen LogP contribution in [0.4, 0.5) is 5.82 Å². The van der Waals surface area contributed by atoms with Gasteiger partial charge >= 0.3 is 0 Å². The van der Waals surface area contributed by atoms with Gasteiger partial charge in [0.15, 0.2) is 0 Å². The fourth-order valence-electron chi connectivity index (χ4n) is 3.00. The Labute approximate surface area is 141 Å². The molecule has 1 fully saturated rings. The van der Waals surface area contributed by atoms with Gasteiger partial charge in [-0.1, -0.05) is 0 Å². The molecular weight excluding hydrogens is 328 g/mol. The second kappa shape index (κ2) is 7.27. The molecule has 0 radical (unpaired) electrons. The summed E-state index contributed by atoms with van der Waals surface area (Å²) in [4.78, 5) is 8.93. The summed E-state index contributed by atoms with van der Waals surface area (Å²) in [5.41, 5.74) is 0.949. The summed E-state index contributed by atoms with van der Waals surface area (Å²) >= 11 is 0. The first-order valence-electron chi connectivity index (χ1n) is 8.07. The predicted octanol–water partition coefficient (Wildman–Crippen LogP) is 1.27. The summed E-state index contributed by atoms with van der Waals surface area (Å²) in [6, 6.07) is 0. The average Bonchev–Trinajstić information content (AvgIpc) is 3.04. The third-order valence-electron chi connectivity index (χ3n) is 4.38. The smallest absolute Gasteiger partial charge is 0.246 e. The van der Waals surface area contributed by atoms with Gasteiger partial charge in [0.05, 0.1) is 24.3 Å². The first-order chi connectivity index (χ1) is 11.6. The van der Waals surface area contributed by atoms with E-state index in [1.54, 1.807) is 16.7 Å². The molecule has 0 bridgehead atoms. The van der Waals surface area contributed by atoms with Crippen molar-refractivity contribution in [3.05, 3.63) is 30.5 Å². The van der Waals surface area contributed by atoms with Crippen molar-refractivity contribution in [2.45, 2.75) is 30.6 Å². The first-order valence-corrected chi connectivity index (χ1v) is 9.51. The number of nitrogens with zero attached hydrogens (tertiary/aromatic N) is 4. The molecule has 3 rings (SSSR count). The molecule has 24 heavy (non-hydrogen) atoms. The van der Waals surface area contributed by atoms with Crippen molar-refractivity contribution in [2.75, 3.05) is 25.5 Å². The standard InChI is InChI=1S/C15H22N6O2S/c1-16-15-11-17-13(8-18-15)7-12-3-2-5-21(6-4-12)24(22,23)14-9-19-20-10-14/h8-12H,2-7H2,1H3,(H,16,18)(H,19,20)/t12-/m0/s1. The molecule has 3 heterocycles. The Balaban J connectivity index is 1.62. The highest BCUT2D eigenvalue weighted by Gasteiger charge is 2.28. The van der Waals surface area contributed by atoms with E-state index in [-0.39, 0.29) is 4.90 Å². The molecule has 0 unspecified atom stereocenters. The van der Waals surface area contributed by atoms with E-state index >= 15 is 0 Å². The van der Waals surface area contributed by atoms with Crippen LogP contribution in [-0.4, -0.2) is 53.0 Å². The Hall–Kier alpha value is -2.00. The van der Waals surface area contributed by atoms with E-state index in [4.69, 9.17) is 0 Å². The summed E-state index contributed by atoms with van der Waals surface area (Å²) in [6.07, 6.45) is 9.80. The second-order valence-corrected chi connectivity index (χ2v) is 7.92. The molecule has 0 amide bonds. The lowest BCUT2D eigenvalue weighted by atomic mass is 9.95. The second-order valence-electron chi connectivity index (χ2n) is 5.98. The third-order valence-corrected chi connectivity index (χ3v) is 6.24. The number of hydrogen-bond donors (Lipinski definition) is 2. The van der Waals surface area contributed by atoms with Gasteiger partial charge in [0.25, 0.3) is 0 Å². The normalized spacial score (nSPS) is 19.8. The molecular formula is C15H22N6O2S. The zero-order valence-corrected chi connectivity index (χ0v) is 14.5. The number of aromatic nitrogens is 4. The lowest BCUT2D eigenvalue weighted by molar-refractivity contribution is 0.409. The van der Waals surface area contributed by atoms with E-state index in [0.717, 1.165) is 37.2 Å². The van der Waals surface area contributed by atoms with Gasteiger partial charge in [-0.25, -0.2) is 13.4 Å². The molecule has 1 saturated heterocycles. The molecule has 130 valence electrons. The average molecular weight is 350 g/mol. The molecule has 8 nitrogen and oxygen atoms in total. The van der Waals surface area contributed by atoms with Crippen LogP contribution in [0.2, 0.25) is 0 Å². The molecule has 1 aliphatic rings. The molecule has 9 heteroatoms. The van der Waals surface area contributed by atoms with E-state index in [1.807, 2.05) is 7.05 Å². The number of sulfonamides is 1. The SMILES string of the molecule is CNc1cnc(C[C@H]2CCCN(S(=O)(=O)c3cn[nH]c3)CC2)cn1. The van der Waals surface area contributed by atoms with Gasteiger partial charge < -0.3 is 5.32 Å². The van der Waals surface area contributed by atoms with Gasteiger partial charge in [-0.15, -0.1) is 0 Å². The van der Waals surface area contributed by atoms with Crippen molar-refractivity contribution in [3.8, 4) is 0 Å². The highest BCUT2D eigenvalue weighted by Crippen LogP contribution is 2.24. The number of nitrogens with one attached hydrogen (secondary N) is 2. The van der Waals surface area contributed by atoms with Crippen LogP contribution in [0.5, 0.6) is 0 Å². The molecule has 0 saturated carbocycles. The topological polar surface area (TPSA) is 104 Å². The van der Waals surface area contributed by atoms with Crippen molar-refractivity contribution < 1.29 is 8.42 Å². The number of H-pyrrole nitrogens is 1. The van der Waals surface area contributed by atoms with Crippen molar-refractivity contribution in [2.24, 2.45) is 5.92 Å². The number of anilines is 1. The summed E-state index contributed by atoms with van der Waals surface area (Å²) in [6.45, 7) is 1.08. The number of rotatable bonds is 5. The van der Waals surface area contributed by atoms with Crippen LogP contribution in [-0.2, 0) is 16.4 Å². The lowest BCUT2D eigenvalue weighted by Crippen LogP contribution is -2.32. The molecule has 1 atom stereocenters. The zero-order valence-electron chi connectivity index (χ0n) is 13.6. The van der Waals surface area contributed by atoms with Crippen LogP contribution in [0.1, 0.15) is 25.0 Å². The maximum absolute atomic E-state index is 12.6. The van der Waals surface area contributed by atoms with E-state index in [9.17, 15) is 8.42 Å². The highest BCUT2D eigenvalue weighted by atomic mass is 32.2. The molecule has 2 N–H and O–H groups in total. The van der Waals surface area contributed by atoms with E-state index in [0.29, 0.717) is 19.0 Å². The van der Waals surface area contributed by atoms with Gasteiger partial charge in [0.2, 0.25) is 10.0 Å². The Morgan fingerprint density at radius 3 is 2.79 bits per heavy atom. The van der Waals surface area contributed by atoms with Gasteiger partial charge in [-0.2, -0.15) is 9.40 Å². The molecule has 2 aromatic rings. The lowest BCUT2D eigenvalue weighted by Gasteiger charge is -2.19. The molecule has 0 aromatic carbocycles. The van der Waals surface area contributed by atoms with Crippen molar-refractivity contribution in [3.63, 3.8) is 0 Å². The Bertz CT molecular complexity index is 745. The molecule has 0 aliphatic carbocycles. The van der Waals surface area contributed by atoms with E-state index in [1.165, 1.54) is 12.4 Å². The Morgan fingerprint density at radius 1 is 1.25 bits per heavy atom. The summed E-state index contributed by atoms with van der Waals surface area (Å²) in [7, 11) is -1.63. The molecule has 1 aliphatic heterocycles. The summed E-state index contributed by atoms with van der Waals surface area (Å²) in [5, 5.41) is 9.25. The largest absolute Gasteiger partial charge is 0.372 e. The van der Waals surface area contributed by atoms with Crippen LogP contribution in [0.15, 0.2) is 29.7 Å². The zero-order chi connectivity index (χ0) is 17.0. The van der Waals surface area contributed by atoms with Crippen LogP contribution in [0.3, 0.4) is 0 Å². The minimum atomic E-state index is -3.44. The third kappa shape index (κ3) is 3.73.